The minimum absolute atomic E-state index is 0.155. The number of amides is 1. The summed E-state index contributed by atoms with van der Waals surface area (Å²) < 4.78 is 74.4. The molecule has 6 N–H and O–H groups in total. The van der Waals surface area contributed by atoms with E-state index < -0.39 is 81.6 Å². The van der Waals surface area contributed by atoms with E-state index in [2.05, 4.69) is 25.9 Å². The van der Waals surface area contributed by atoms with Crippen molar-refractivity contribution in [2.24, 2.45) is 11.3 Å². The van der Waals surface area contributed by atoms with E-state index in [0.717, 1.165) is 29.4 Å². The fourth-order valence-electron chi connectivity index (χ4n) is 14.6. The Morgan fingerprint density at radius 3 is 2.27 bits per heavy atom. The van der Waals surface area contributed by atoms with E-state index >= 15 is 4.79 Å². The maximum atomic E-state index is 15.3. The number of H-pyrrole nitrogens is 1. The van der Waals surface area contributed by atoms with Gasteiger partial charge in [0.25, 0.3) is 0 Å². The van der Waals surface area contributed by atoms with Crippen LogP contribution in [-0.4, -0.2) is 193 Å². The zero-order valence-electron chi connectivity index (χ0n) is 45.3. The van der Waals surface area contributed by atoms with Gasteiger partial charge in [0.1, 0.15) is 11.2 Å². The quantitative estimate of drug-likeness (QED) is 0.0256. The number of nitrogens with one attached hydrogen (secondary N) is 2. The molecule has 2 bridgehead atoms. The number of aromatic amines is 1. The summed E-state index contributed by atoms with van der Waals surface area (Å²) in [6.07, 6.45) is 6.72. The topological polar surface area (TPSA) is 287 Å². The smallest absolute Gasteiger partial charge is 0.394 e. The summed E-state index contributed by atoms with van der Waals surface area (Å²) in [5, 5.41) is 29.2. The number of benzene rings is 2. The molecule has 1 aromatic heterocycles. The van der Waals surface area contributed by atoms with Crippen molar-refractivity contribution in [2.75, 3.05) is 97.0 Å². The molecule has 3 saturated heterocycles. The average molecular weight is 1180 g/mol. The number of aliphatic hydroxyl groups is 2. The highest BCUT2D eigenvalue weighted by Crippen LogP contribution is 2.68. The van der Waals surface area contributed by atoms with E-state index in [1.165, 1.54) is 33.2 Å². The molecule has 7 heterocycles. The number of nitrogens with zero attached hydrogens (tertiary/aromatic N) is 4. The summed E-state index contributed by atoms with van der Waals surface area (Å²) in [5.41, 5.74) is -3.15. The molecule has 2 aromatic carbocycles. The van der Waals surface area contributed by atoms with E-state index in [1.807, 2.05) is 50.3 Å². The Morgan fingerprint density at radius 1 is 0.975 bits per heavy atom. The standard InChI is InChI=1S/C46H56N4O10.C7H15Cl2N2O2P.H2O4S/c1-7-42(55)22-28-23-45(40(53)58-5,36-30(14-18-48(24-28)25-42)29-12-9-10-13-33(29)47-36)32-20-31-34(21-35(32)57-4)50(26-51)38-44(31)16-19-49-17-11-15-43(8-2,37(44)49)39(60-27(3)52)46(38,56)41(54)59-6;8-2-5-11(6-3-9)14(12)10-4-1-7-13-14;1-5(2,3)4/h9-13,15,20-21,26,28,37-39,47,55-56H,7-8,14,16-19,22-25H2,1-6H3;1-7H2,(H,10,12);(H2,1,2,3,4)/t28-,37+,38-,39-,42+,43-,44-,45+,46+;;/m1../s1. The monoisotopic (exact) mass is 1180 g/mol. The minimum Gasteiger partial charge on any atom is -0.496 e. The number of carbonyl (C=O) groups is 4. The van der Waals surface area contributed by atoms with E-state index in [9.17, 15) is 29.2 Å². The van der Waals surface area contributed by atoms with Crippen LogP contribution >= 0.6 is 30.9 Å². The van der Waals surface area contributed by atoms with Gasteiger partial charge in [-0.3, -0.25) is 37.9 Å². The van der Waals surface area contributed by atoms with Crippen LogP contribution in [0, 0.1) is 11.3 Å². The molecule has 6 aliphatic heterocycles. The maximum Gasteiger partial charge on any atom is 0.394 e. The number of methoxy groups -OCH3 is 3. The van der Waals surface area contributed by atoms with Crippen molar-refractivity contribution in [2.45, 2.75) is 106 Å². The molecular formula is C53H73Cl2N6O16PS. The molecule has 1 amide bonds. The molecule has 26 heteroatoms. The molecular weight excluding hydrogens is 1110 g/mol. The molecule has 436 valence electrons. The van der Waals surface area contributed by atoms with E-state index in [4.69, 9.17) is 64.2 Å². The molecule has 1 saturated carbocycles. The number of piperidine rings is 1. The van der Waals surface area contributed by atoms with Gasteiger partial charge in [0, 0.05) is 110 Å². The Balaban J connectivity index is 0.000000368. The lowest BCUT2D eigenvalue weighted by molar-refractivity contribution is -0.228. The van der Waals surface area contributed by atoms with Crippen LogP contribution in [0.1, 0.15) is 81.7 Å². The second kappa shape index (κ2) is 23.6. The lowest BCUT2D eigenvalue weighted by atomic mass is 9.47. The summed E-state index contributed by atoms with van der Waals surface area (Å²) in [6, 6.07) is 9.97. The first-order valence-corrected chi connectivity index (χ1v) is 30.6. The zero-order chi connectivity index (χ0) is 57.5. The third-order valence-electron chi connectivity index (χ3n) is 17.5. The number of hydrogen-bond donors (Lipinski definition) is 6. The molecule has 0 radical (unpaired) electrons. The van der Waals surface area contributed by atoms with E-state index in [0.29, 0.717) is 131 Å². The van der Waals surface area contributed by atoms with Crippen LogP contribution in [0.3, 0.4) is 0 Å². The first-order valence-electron chi connectivity index (χ1n) is 26.6. The molecule has 11 atom stereocenters. The third kappa shape index (κ3) is 10.6. The molecule has 22 nitrogen and oxygen atoms in total. The fourth-order valence-corrected chi connectivity index (χ4v) is 17.3. The summed E-state index contributed by atoms with van der Waals surface area (Å²) in [7, 11) is -3.42. The van der Waals surface area contributed by atoms with Crippen molar-refractivity contribution in [3.05, 3.63) is 70.9 Å². The lowest BCUT2D eigenvalue weighted by Gasteiger charge is -2.63. The van der Waals surface area contributed by atoms with Crippen molar-refractivity contribution in [3.63, 3.8) is 0 Å². The first kappa shape index (κ1) is 60.9. The Hall–Kier alpha value is -4.20. The van der Waals surface area contributed by atoms with Crippen LogP contribution in [0.25, 0.3) is 10.9 Å². The molecule has 1 unspecified atom stereocenters. The van der Waals surface area contributed by atoms with Gasteiger partial charge in [0.05, 0.1) is 45.3 Å². The van der Waals surface area contributed by atoms with Gasteiger partial charge in [-0.15, -0.1) is 23.2 Å². The minimum atomic E-state index is -4.67. The SMILES string of the molecule is CC[C@]1(O)C[C@H]2C[N@](CCc3c([nH]c4ccccc34)[C@@](C(=O)OC)(c3cc4c(cc3OC)N(C=O)[C@H]3[C@@](O)(C(=O)OC)[C@H](OC(C)=O)[C@]5(CC)C=CCN6CC[C@]43[C@@H]65)C2)C1.O=P1(N(CCCl)CCCl)NCCCO1.O=S(=O)(O)O. The number of ether oxygens (including phenoxy) is 4. The van der Waals surface area contributed by atoms with Crippen molar-refractivity contribution < 1.29 is 75.0 Å². The molecule has 7 aliphatic rings. The number of fused-ring (bicyclic) bond motifs is 6. The number of esters is 3. The zero-order valence-corrected chi connectivity index (χ0v) is 48.5. The number of alkyl halides is 2. The molecule has 3 aromatic rings. The molecule has 1 aliphatic carbocycles. The summed E-state index contributed by atoms with van der Waals surface area (Å²) >= 11 is 11.2. The first-order chi connectivity index (χ1) is 37.5. The highest BCUT2D eigenvalue weighted by molar-refractivity contribution is 7.79. The normalized spacial score (nSPS) is 33.4. The number of hydrogen-bond acceptors (Lipinski definition) is 16. The van der Waals surface area contributed by atoms with E-state index in [-0.39, 0.29) is 12.3 Å². The Kier molecular flexibility index (Phi) is 18.2. The predicted molar refractivity (Wildman–Crippen MR) is 294 cm³/mol. The van der Waals surface area contributed by atoms with Crippen molar-refractivity contribution in [1.82, 2.24) is 24.5 Å². The number of aromatic nitrogens is 1. The van der Waals surface area contributed by atoms with Crippen LogP contribution < -0.4 is 14.7 Å². The van der Waals surface area contributed by atoms with Crippen LogP contribution in [-0.2, 0) is 70.1 Å². The van der Waals surface area contributed by atoms with Gasteiger partial charge in [-0.1, -0.05) is 44.2 Å². The van der Waals surface area contributed by atoms with Gasteiger partial charge >= 0.3 is 36.0 Å². The Morgan fingerprint density at radius 2 is 1.67 bits per heavy atom. The number of carbonyl (C=O) groups excluding carboxylic acids is 4. The van der Waals surface area contributed by atoms with Crippen molar-refractivity contribution in [1.29, 1.82) is 0 Å². The van der Waals surface area contributed by atoms with Crippen molar-refractivity contribution in [3.8, 4) is 5.75 Å². The van der Waals surface area contributed by atoms with Crippen molar-refractivity contribution >= 4 is 82.2 Å². The highest BCUT2D eigenvalue weighted by atomic mass is 35.5. The average Bonchev–Trinajstić information content (AvgIpc) is 2.71. The van der Waals surface area contributed by atoms with Crippen LogP contribution in [0.15, 0.2) is 48.6 Å². The number of anilines is 1. The van der Waals surface area contributed by atoms with Gasteiger partial charge in [0.15, 0.2) is 6.10 Å². The van der Waals surface area contributed by atoms with Gasteiger partial charge < -0.3 is 43.6 Å². The molecule has 4 fully saturated rings. The maximum absolute atomic E-state index is 15.3. The third-order valence-corrected chi connectivity index (χ3v) is 20.1. The molecule has 10 rings (SSSR count). The number of halogens is 2. The predicted octanol–water partition coefficient (Wildman–Crippen LogP) is 4.75. The highest BCUT2D eigenvalue weighted by Gasteiger charge is 2.81. The Labute approximate surface area is 470 Å². The summed E-state index contributed by atoms with van der Waals surface area (Å²) in [4.78, 5) is 66.1. The molecule has 1 spiro atoms. The second-order valence-corrected chi connectivity index (χ2v) is 25.3. The van der Waals surface area contributed by atoms with Crippen LogP contribution in [0.4, 0.5) is 5.69 Å². The van der Waals surface area contributed by atoms with Crippen LogP contribution in [0.2, 0.25) is 0 Å². The fraction of sp³-hybridized carbons (Fsp3) is 0.623. The molecule has 79 heavy (non-hydrogen) atoms. The van der Waals surface area contributed by atoms with Gasteiger partial charge in [-0.05, 0) is 80.7 Å². The van der Waals surface area contributed by atoms with Gasteiger partial charge in [0.2, 0.25) is 12.0 Å². The summed E-state index contributed by atoms with van der Waals surface area (Å²) in [5.74, 6) is -1.22. The second-order valence-electron chi connectivity index (χ2n) is 21.5. The summed E-state index contributed by atoms with van der Waals surface area (Å²) in [6.45, 7) is 10.5. The lowest BCUT2D eigenvalue weighted by Crippen LogP contribution is -2.81. The number of rotatable bonds is 13. The van der Waals surface area contributed by atoms with E-state index in [1.54, 1.807) is 10.7 Å². The number of para-hydroxylation sites is 1. The van der Waals surface area contributed by atoms with Gasteiger partial charge in [-0.2, -0.15) is 8.42 Å². The van der Waals surface area contributed by atoms with Gasteiger partial charge in [-0.25, -0.2) is 14.6 Å². The Bertz CT molecular complexity index is 2970. The largest absolute Gasteiger partial charge is 0.496 e. The van der Waals surface area contributed by atoms with Crippen LogP contribution in [0.5, 0.6) is 5.75 Å².